The molecule has 1 aromatic carbocycles. The number of urea groups is 1. The van der Waals surface area contributed by atoms with Crippen molar-refractivity contribution < 1.29 is 14.4 Å². The molecule has 2 aliphatic rings. The number of hydrogen-bond donors (Lipinski definition) is 3. The quantitative estimate of drug-likeness (QED) is 0.675. The molecule has 0 spiro atoms. The smallest absolute Gasteiger partial charge is 0.324 e. The van der Waals surface area contributed by atoms with Gasteiger partial charge in [0, 0.05) is 12.1 Å². The molecule has 26 heavy (non-hydrogen) atoms. The van der Waals surface area contributed by atoms with Gasteiger partial charge in [-0.05, 0) is 55.5 Å². The summed E-state index contributed by atoms with van der Waals surface area (Å²) in [6, 6.07) is 6.92. The molecule has 2 heterocycles. The molecule has 140 valence electrons. The number of anilines is 1. The number of rotatable bonds is 6. The molecule has 3 rings (SSSR count). The first-order valence-corrected chi connectivity index (χ1v) is 9.20. The van der Waals surface area contributed by atoms with Gasteiger partial charge in [-0.3, -0.25) is 14.5 Å². The lowest BCUT2D eigenvalue weighted by Crippen LogP contribution is -2.32. The van der Waals surface area contributed by atoms with E-state index in [1.807, 2.05) is 24.3 Å². The van der Waals surface area contributed by atoms with Crippen molar-refractivity contribution in [2.45, 2.75) is 32.7 Å². The Balaban J connectivity index is 1.55. The maximum Gasteiger partial charge on any atom is 0.324 e. The third-order valence-electron chi connectivity index (χ3n) is 5.18. The second-order valence-electron chi connectivity index (χ2n) is 7.16. The van der Waals surface area contributed by atoms with E-state index in [1.54, 1.807) is 0 Å². The Morgan fingerprint density at radius 3 is 2.77 bits per heavy atom. The Morgan fingerprint density at radius 2 is 2.08 bits per heavy atom. The second-order valence-corrected chi connectivity index (χ2v) is 7.16. The van der Waals surface area contributed by atoms with Crippen LogP contribution in [0.3, 0.4) is 0 Å². The molecule has 3 N–H and O–H groups in total. The zero-order valence-corrected chi connectivity index (χ0v) is 15.1. The Morgan fingerprint density at radius 1 is 1.31 bits per heavy atom. The normalized spacial score (nSPS) is 19.3. The van der Waals surface area contributed by atoms with Crippen molar-refractivity contribution in [1.82, 2.24) is 15.5 Å². The van der Waals surface area contributed by atoms with Crippen LogP contribution in [0.5, 0.6) is 0 Å². The molecule has 0 radical (unpaired) electrons. The van der Waals surface area contributed by atoms with Crippen LogP contribution < -0.4 is 16.0 Å². The molecule has 2 saturated heterocycles. The molecule has 0 aromatic heterocycles. The minimum absolute atomic E-state index is 0.00294. The zero-order valence-electron chi connectivity index (χ0n) is 15.1. The van der Waals surface area contributed by atoms with Crippen molar-refractivity contribution in [1.29, 1.82) is 0 Å². The van der Waals surface area contributed by atoms with E-state index >= 15 is 0 Å². The number of imide groups is 1. The molecule has 0 aliphatic carbocycles. The molecule has 1 atom stereocenters. The van der Waals surface area contributed by atoms with Crippen LogP contribution in [0.2, 0.25) is 0 Å². The van der Waals surface area contributed by atoms with Crippen LogP contribution >= 0.6 is 0 Å². The fraction of sp³-hybridized carbons (Fsp3) is 0.526. The van der Waals surface area contributed by atoms with Crippen LogP contribution in [0.4, 0.5) is 10.5 Å². The van der Waals surface area contributed by atoms with Crippen LogP contribution in [0, 0.1) is 11.8 Å². The minimum atomic E-state index is -0.375. The van der Waals surface area contributed by atoms with Crippen molar-refractivity contribution in [2.24, 2.45) is 11.8 Å². The maximum atomic E-state index is 12.4. The van der Waals surface area contributed by atoms with E-state index in [0.29, 0.717) is 23.9 Å². The molecule has 0 saturated carbocycles. The first kappa shape index (κ1) is 18.4. The lowest BCUT2D eigenvalue weighted by molar-refractivity contribution is -0.125. The number of hydrogen-bond acceptors (Lipinski definition) is 4. The van der Waals surface area contributed by atoms with Gasteiger partial charge in [-0.25, -0.2) is 4.79 Å². The van der Waals surface area contributed by atoms with Crippen molar-refractivity contribution in [3.05, 3.63) is 29.8 Å². The number of nitrogens with one attached hydrogen (secondary N) is 3. The molecule has 1 unspecified atom stereocenters. The summed E-state index contributed by atoms with van der Waals surface area (Å²) in [5, 5.41) is 8.79. The fourth-order valence-electron chi connectivity index (χ4n) is 3.63. The molecule has 2 fully saturated rings. The van der Waals surface area contributed by atoms with Crippen LogP contribution in [0.15, 0.2) is 24.3 Å². The number of benzene rings is 1. The van der Waals surface area contributed by atoms with Gasteiger partial charge in [0.2, 0.25) is 11.8 Å². The van der Waals surface area contributed by atoms with Crippen LogP contribution in [0.25, 0.3) is 0 Å². The third-order valence-corrected chi connectivity index (χ3v) is 5.18. The van der Waals surface area contributed by atoms with Gasteiger partial charge < -0.3 is 16.0 Å². The highest BCUT2D eigenvalue weighted by molar-refractivity contribution is 6.01. The number of carbonyl (C=O) groups excluding carboxylic acids is 3. The fourth-order valence-corrected chi connectivity index (χ4v) is 3.63. The van der Waals surface area contributed by atoms with E-state index in [-0.39, 0.29) is 30.9 Å². The van der Waals surface area contributed by atoms with E-state index in [4.69, 9.17) is 0 Å². The Kier molecular flexibility index (Phi) is 5.88. The van der Waals surface area contributed by atoms with Gasteiger partial charge in [0.15, 0.2) is 0 Å². The second kappa shape index (κ2) is 8.31. The highest BCUT2D eigenvalue weighted by atomic mass is 16.2. The summed E-state index contributed by atoms with van der Waals surface area (Å²) in [6.07, 6.45) is 2.74. The maximum absolute atomic E-state index is 12.4. The molecular formula is C19H26N4O3. The van der Waals surface area contributed by atoms with Gasteiger partial charge >= 0.3 is 6.03 Å². The summed E-state index contributed by atoms with van der Waals surface area (Å²) in [5.41, 5.74) is 1.50. The van der Waals surface area contributed by atoms with Crippen LogP contribution in [0.1, 0.15) is 31.7 Å². The van der Waals surface area contributed by atoms with Crippen LogP contribution in [-0.4, -0.2) is 42.4 Å². The molecule has 1 aromatic rings. The predicted octanol–water partition coefficient (Wildman–Crippen LogP) is 1.70. The lowest BCUT2D eigenvalue weighted by atomic mass is 9.84. The minimum Gasteiger partial charge on any atom is -0.329 e. The predicted molar refractivity (Wildman–Crippen MR) is 98.4 cm³/mol. The number of nitrogens with zero attached hydrogens (tertiary/aromatic N) is 1. The molecule has 4 amide bonds. The first-order chi connectivity index (χ1) is 12.5. The highest BCUT2D eigenvalue weighted by Gasteiger charge is 2.28. The summed E-state index contributed by atoms with van der Waals surface area (Å²) in [5.74, 6) is 0.711. The van der Waals surface area contributed by atoms with E-state index in [9.17, 15) is 14.4 Å². The molecular weight excluding hydrogens is 332 g/mol. The Hall–Kier alpha value is -2.41. The van der Waals surface area contributed by atoms with Crippen molar-refractivity contribution in [2.75, 3.05) is 25.0 Å². The first-order valence-electron chi connectivity index (χ1n) is 9.20. The van der Waals surface area contributed by atoms with E-state index < -0.39 is 0 Å². The van der Waals surface area contributed by atoms with Gasteiger partial charge in [-0.2, -0.15) is 0 Å². The molecule has 0 bridgehead atoms. The molecule has 7 nitrogen and oxygen atoms in total. The van der Waals surface area contributed by atoms with Gasteiger partial charge in [0.05, 0.1) is 13.1 Å². The zero-order chi connectivity index (χ0) is 18.5. The Bertz CT molecular complexity index is 669. The standard InChI is InChI=1S/C19H26N4O3/c1-13(15-5-7-20-8-6-15)9-17(24)22-16-4-2-3-14(10-16)12-23-18(25)11-21-19(23)26/h2-4,10,13,15,20H,5-9,11-12H2,1H3,(H,21,26)(H,22,24). The van der Waals surface area contributed by atoms with E-state index in [2.05, 4.69) is 22.9 Å². The third kappa shape index (κ3) is 4.60. The lowest BCUT2D eigenvalue weighted by Gasteiger charge is -2.27. The van der Waals surface area contributed by atoms with Gasteiger partial charge in [0.1, 0.15) is 0 Å². The average molecular weight is 358 g/mol. The molecule has 7 heteroatoms. The summed E-state index contributed by atoms with van der Waals surface area (Å²) in [6.45, 7) is 4.45. The Labute approximate surface area is 153 Å². The van der Waals surface area contributed by atoms with Gasteiger partial charge in [-0.1, -0.05) is 19.1 Å². The van der Waals surface area contributed by atoms with Crippen LogP contribution in [-0.2, 0) is 16.1 Å². The number of amides is 4. The number of piperidine rings is 1. The molecule has 2 aliphatic heterocycles. The van der Waals surface area contributed by atoms with E-state index in [1.165, 1.54) is 4.90 Å². The summed E-state index contributed by atoms with van der Waals surface area (Å²) in [4.78, 5) is 36.9. The van der Waals surface area contributed by atoms with Crippen molar-refractivity contribution in [3.63, 3.8) is 0 Å². The van der Waals surface area contributed by atoms with E-state index in [0.717, 1.165) is 31.5 Å². The summed E-state index contributed by atoms with van der Waals surface area (Å²) >= 11 is 0. The SMILES string of the molecule is CC(CC(=O)Nc1cccc(CN2C(=O)CNC2=O)c1)C1CCNCC1. The largest absolute Gasteiger partial charge is 0.329 e. The van der Waals surface area contributed by atoms with Gasteiger partial charge in [-0.15, -0.1) is 0 Å². The number of carbonyl (C=O) groups is 3. The monoisotopic (exact) mass is 358 g/mol. The summed E-state index contributed by atoms with van der Waals surface area (Å²) in [7, 11) is 0. The summed E-state index contributed by atoms with van der Waals surface area (Å²) < 4.78 is 0. The van der Waals surface area contributed by atoms with Gasteiger partial charge in [0.25, 0.3) is 0 Å². The topological polar surface area (TPSA) is 90.5 Å². The van der Waals surface area contributed by atoms with Crippen molar-refractivity contribution in [3.8, 4) is 0 Å². The van der Waals surface area contributed by atoms with Crippen molar-refractivity contribution >= 4 is 23.5 Å². The average Bonchev–Trinajstić information content (AvgIpc) is 2.94. The highest BCUT2D eigenvalue weighted by Crippen LogP contribution is 2.25.